The molecule has 1 saturated heterocycles. The topological polar surface area (TPSA) is 29.5 Å². The lowest BCUT2D eigenvalue weighted by atomic mass is 10.0. The summed E-state index contributed by atoms with van der Waals surface area (Å²) in [5, 5.41) is 0. The van der Waals surface area contributed by atoms with Gasteiger partial charge in [-0.05, 0) is 38.5 Å². The molecule has 1 aliphatic rings. The lowest BCUT2D eigenvalue weighted by molar-refractivity contribution is -0.137. The minimum atomic E-state index is -4.40. The molecule has 0 N–H and O–H groups in total. The van der Waals surface area contributed by atoms with Gasteiger partial charge in [0.15, 0.2) is 0 Å². The number of carbonyl (C=O) groups is 1. The van der Waals surface area contributed by atoms with Gasteiger partial charge in [-0.2, -0.15) is 13.2 Å². The fourth-order valence-corrected chi connectivity index (χ4v) is 2.24. The zero-order chi connectivity index (χ0) is 15.1. The van der Waals surface area contributed by atoms with Gasteiger partial charge >= 0.3 is 12.3 Å². The molecule has 20 heavy (non-hydrogen) atoms. The van der Waals surface area contributed by atoms with Crippen molar-refractivity contribution in [3.8, 4) is 0 Å². The highest BCUT2D eigenvalue weighted by Crippen LogP contribution is 2.34. The molecule has 6 heteroatoms. The summed E-state index contributed by atoms with van der Waals surface area (Å²) >= 11 is 0. The molecule has 1 aromatic rings. The molecule has 0 aromatic heterocycles. The van der Waals surface area contributed by atoms with Crippen LogP contribution in [0.2, 0.25) is 0 Å². The Morgan fingerprint density at radius 1 is 1.30 bits per heavy atom. The van der Waals surface area contributed by atoms with Gasteiger partial charge in [-0.1, -0.05) is 11.6 Å². The number of rotatable bonds is 2. The van der Waals surface area contributed by atoms with Gasteiger partial charge in [0, 0.05) is 6.04 Å². The molecule has 1 fully saturated rings. The number of halogens is 3. The van der Waals surface area contributed by atoms with Crippen molar-refractivity contribution in [3.63, 3.8) is 0 Å². The fourth-order valence-electron chi connectivity index (χ4n) is 2.24. The third kappa shape index (κ3) is 2.89. The van der Waals surface area contributed by atoms with Crippen molar-refractivity contribution < 1.29 is 22.7 Å². The van der Waals surface area contributed by atoms with Crippen LogP contribution in [0.25, 0.3) is 0 Å². The number of carbonyl (C=O) groups excluding carboxylic acids is 1. The molecule has 1 amide bonds. The second-order valence-electron chi connectivity index (χ2n) is 5.25. The average Bonchev–Trinajstić information content (AvgIpc) is 2.69. The predicted octanol–water partition coefficient (Wildman–Crippen LogP) is 3.92. The number of hydrogen-bond acceptors (Lipinski definition) is 2. The molecule has 0 saturated carbocycles. The minimum absolute atomic E-state index is 0.0422. The summed E-state index contributed by atoms with van der Waals surface area (Å²) < 4.78 is 43.6. The molecular formula is C14H16F3NO2. The van der Waals surface area contributed by atoms with Gasteiger partial charge in [0.1, 0.15) is 6.10 Å². The first-order chi connectivity index (χ1) is 9.18. The Hall–Kier alpha value is -1.72. The number of amides is 1. The van der Waals surface area contributed by atoms with Gasteiger partial charge in [-0.25, -0.2) is 4.79 Å². The normalized spacial score (nSPS) is 19.6. The van der Waals surface area contributed by atoms with Crippen LogP contribution in [0.5, 0.6) is 0 Å². The van der Waals surface area contributed by atoms with Crippen LogP contribution in [0.3, 0.4) is 0 Å². The summed E-state index contributed by atoms with van der Waals surface area (Å²) in [5.74, 6) is 0. The second-order valence-corrected chi connectivity index (χ2v) is 5.25. The Bertz CT molecular complexity index is 526. The van der Waals surface area contributed by atoms with E-state index in [1.165, 1.54) is 4.90 Å². The van der Waals surface area contributed by atoms with Gasteiger partial charge in [0.2, 0.25) is 0 Å². The van der Waals surface area contributed by atoms with Gasteiger partial charge in [-0.3, -0.25) is 0 Å². The molecule has 1 heterocycles. The van der Waals surface area contributed by atoms with Crippen molar-refractivity contribution in [2.75, 3.05) is 6.54 Å². The molecule has 1 atom stereocenters. The largest absolute Gasteiger partial charge is 0.439 e. The molecule has 3 nitrogen and oxygen atoms in total. The SMILES string of the molecule is Cc1cc(C2CN(C(C)C)C(=O)O2)cc(C(F)(F)F)c1. The number of hydrogen-bond donors (Lipinski definition) is 0. The van der Waals surface area contributed by atoms with Crippen molar-refractivity contribution in [2.24, 2.45) is 0 Å². The number of ether oxygens (including phenoxy) is 1. The predicted molar refractivity (Wildman–Crippen MR) is 67.2 cm³/mol. The van der Waals surface area contributed by atoms with Crippen LogP contribution in [-0.2, 0) is 10.9 Å². The van der Waals surface area contributed by atoms with Crippen LogP contribution in [0.1, 0.15) is 36.6 Å². The lowest BCUT2D eigenvalue weighted by Crippen LogP contribution is -2.31. The standard InChI is InChI=1S/C14H16F3NO2/c1-8(2)18-7-12(20-13(18)19)10-4-9(3)5-11(6-10)14(15,16)17/h4-6,8,12H,7H2,1-3H3. The highest BCUT2D eigenvalue weighted by Gasteiger charge is 2.36. The van der Waals surface area contributed by atoms with Crippen molar-refractivity contribution in [3.05, 3.63) is 34.9 Å². The van der Waals surface area contributed by atoms with E-state index in [9.17, 15) is 18.0 Å². The zero-order valence-corrected chi connectivity index (χ0v) is 11.5. The molecule has 110 valence electrons. The van der Waals surface area contributed by atoms with Gasteiger partial charge < -0.3 is 9.64 Å². The summed E-state index contributed by atoms with van der Waals surface area (Å²) in [6.07, 6.45) is -5.54. The monoisotopic (exact) mass is 287 g/mol. The summed E-state index contributed by atoms with van der Waals surface area (Å²) in [7, 11) is 0. The van der Waals surface area contributed by atoms with Crippen LogP contribution in [0, 0.1) is 6.92 Å². The Morgan fingerprint density at radius 3 is 2.45 bits per heavy atom. The van der Waals surface area contributed by atoms with E-state index in [-0.39, 0.29) is 12.6 Å². The van der Waals surface area contributed by atoms with E-state index >= 15 is 0 Å². The van der Waals surface area contributed by atoms with Crippen molar-refractivity contribution in [1.82, 2.24) is 4.90 Å². The number of nitrogens with zero attached hydrogens (tertiary/aromatic N) is 1. The van der Waals surface area contributed by atoms with Crippen LogP contribution >= 0.6 is 0 Å². The van der Waals surface area contributed by atoms with Crippen molar-refractivity contribution in [2.45, 2.75) is 39.1 Å². The van der Waals surface area contributed by atoms with E-state index in [2.05, 4.69) is 0 Å². The minimum Gasteiger partial charge on any atom is -0.439 e. The van der Waals surface area contributed by atoms with E-state index in [0.29, 0.717) is 11.1 Å². The second kappa shape index (κ2) is 5.00. The smallest absolute Gasteiger partial charge is 0.416 e. The van der Waals surface area contributed by atoms with Gasteiger partial charge in [-0.15, -0.1) is 0 Å². The highest BCUT2D eigenvalue weighted by molar-refractivity contribution is 5.70. The molecule has 0 spiro atoms. The van der Waals surface area contributed by atoms with E-state index in [0.717, 1.165) is 12.1 Å². The summed E-state index contributed by atoms with van der Waals surface area (Å²) in [6, 6.07) is 3.71. The Balaban J connectivity index is 2.31. The first kappa shape index (κ1) is 14.7. The Labute approximate surface area is 115 Å². The Morgan fingerprint density at radius 2 is 1.95 bits per heavy atom. The summed E-state index contributed by atoms with van der Waals surface area (Å²) in [5.41, 5.74) is 0.161. The molecule has 1 unspecified atom stereocenters. The third-order valence-electron chi connectivity index (χ3n) is 3.26. The maximum atomic E-state index is 12.8. The summed E-state index contributed by atoms with van der Waals surface area (Å²) in [6.45, 7) is 5.54. The van der Waals surface area contributed by atoms with Crippen LogP contribution < -0.4 is 0 Å². The molecule has 0 radical (unpaired) electrons. The number of alkyl halides is 3. The number of cyclic esters (lactones) is 1. The average molecular weight is 287 g/mol. The maximum absolute atomic E-state index is 12.8. The molecule has 0 bridgehead atoms. The van der Waals surface area contributed by atoms with E-state index in [4.69, 9.17) is 4.74 Å². The first-order valence-electron chi connectivity index (χ1n) is 6.34. The van der Waals surface area contributed by atoms with E-state index in [1.54, 1.807) is 13.0 Å². The van der Waals surface area contributed by atoms with E-state index in [1.807, 2.05) is 13.8 Å². The lowest BCUT2D eigenvalue weighted by Gasteiger charge is -2.17. The van der Waals surface area contributed by atoms with Crippen molar-refractivity contribution in [1.29, 1.82) is 0 Å². The number of benzene rings is 1. The molecule has 0 aliphatic carbocycles. The Kier molecular flexibility index (Phi) is 3.67. The van der Waals surface area contributed by atoms with Gasteiger partial charge in [0.05, 0.1) is 12.1 Å². The highest BCUT2D eigenvalue weighted by atomic mass is 19.4. The summed E-state index contributed by atoms with van der Waals surface area (Å²) in [4.78, 5) is 13.1. The maximum Gasteiger partial charge on any atom is 0.416 e. The van der Waals surface area contributed by atoms with Crippen LogP contribution in [-0.4, -0.2) is 23.6 Å². The van der Waals surface area contributed by atoms with Crippen LogP contribution in [0.15, 0.2) is 18.2 Å². The molecule has 1 aromatic carbocycles. The number of aryl methyl sites for hydroxylation is 1. The quantitative estimate of drug-likeness (QED) is 0.825. The van der Waals surface area contributed by atoms with Crippen LogP contribution in [0.4, 0.5) is 18.0 Å². The van der Waals surface area contributed by atoms with Crippen molar-refractivity contribution >= 4 is 6.09 Å². The van der Waals surface area contributed by atoms with Gasteiger partial charge in [0.25, 0.3) is 0 Å². The third-order valence-corrected chi connectivity index (χ3v) is 3.26. The molecular weight excluding hydrogens is 271 g/mol. The molecule has 1 aliphatic heterocycles. The zero-order valence-electron chi connectivity index (χ0n) is 11.5. The van der Waals surface area contributed by atoms with E-state index < -0.39 is 23.9 Å². The fraction of sp³-hybridized carbons (Fsp3) is 0.500. The molecule has 2 rings (SSSR count). The first-order valence-corrected chi connectivity index (χ1v) is 6.34.